The Kier molecular flexibility index (Phi) is 39.0. The molecular weight excluding hydrogens is 1210 g/mol. The Hall–Kier alpha value is -3.18. The van der Waals surface area contributed by atoms with Crippen LogP contribution in [0, 0.1) is 111 Å². The second-order valence-electron chi connectivity index (χ2n) is 38.3. The van der Waals surface area contributed by atoms with E-state index in [1.807, 2.05) is 55.4 Å². The number of hydrogen-bond acceptors (Lipinski definition) is 6. The van der Waals surface area contributed by atoms with Crippen molar-refractivity contribution in [1.82, 2.24) is 31.9 Å². The molecule has 0 aliphatic heterocycles. The Balaban J connectivity index is 0.000000250. The van der Waals surface area contributed by atoms with E-state index >= 15 is 0 Å². The topological polar surface area (TPSA) is 175 Å². The van der Waals surface area contributed by atoms with Gasteiger partial charge in [0.2, 0.25) is 35.4 Å². The summed E-state index contributed by atoms with van der Waals surface area (Å²) in [6.07, 6.45) is 43.4. The van der Waals surface area contributed by atoms with Crippen LogP contribution in [0.4, 0.5) is 0 Å². The molecule has 570 valence electrons. The van der Waals surface area contributed by atoms with Crippen LogP contribution >= 0.6 is 0 Å². The van der Waals surface area contributed by atoms with Crippen molar-refractivity contribution in [2.24, 2.45) is 111 Å². The van der Waals surface area contributed by atoms with Crippen LogP contribution in [0.15, 0.2) is 0 Å². The van der Waals surface area contributed by atoms with Crippen molar-refractivity contribution in [2.45, 2.75) is 400 Å². The van der Waals surface area contributed by atoms with Gasteiger partial charge < -0.3 is 31.9 Å². The van der Waals surface area contributed by atoms with Gasteiger partial charge in [0, 0.05) is 71.8 Å². The van der Waals surface area contributed by atoms with Crippen LogP contribution in [0.25, 0.3) is 0 Å². The van der Waals surface area contributed by atoms with Gasteiger partial charge in [0.25, 0.3) is 0 Å². The number of carbonyl (C=O) groups is 6. The molecule has 9 aliphatic rings. The third-order valence-corrected chi connectivity index (χ3v) is 22.1. The molecule has 9 fully saturated rings. The lowest BCUT2D eigenvalue weighted by molar-refractivity contribution is -0.129. The molecule has 0 saturated heterocycles. The molecule has 0 radical (unpaired) electrons. The van der Waals surface area contributed by atoms with E-state index in [9.17, 15) is 28.8 Å². The number of amides is 6. The molecule has 6 N–H and O–H groups in total. The predicted octanol–water partition coefficient (Wildman–Crippen LogP) is 20.1. The molecule has 8 unspecified atom stereocenters. The minimum Gasteiger partial charge on any atom is -0.354 e. The molecule has 9 saturated carbocycles. The van der Waals surface area contributed by atoms with Gasteiger partial charge >= 0.3 is 0 Å². The molecule has 98 heavy (non-hydrogen) atoms. The highest BCUT2D eigenvalue weighted by atomic mass is 16.2. The van der Waals surface area contributed by atoms with Crippen molar-refractivity contribution < 1.29 is 28.8 Å². The highest BCUT2D eigenvalue weighted by molar-refractivity contribution is 5.81. The van der Waals surface area contributed by atoms with Gasteiger partial charge in [0.1, 0.15) is 0 Å². The number of hydrogen-bond donors (Lipinski definition) is 6. The molecule has 0 heterocycles. The summed E-state index contributed by atoms with van der Waals surface area (Å²) in [5, 5.41) is 18.4. The lowest BCUT2D eigenvalue weighted by Gasteiger charge is -2.30. The normalized spacial score (nSPS) is 21.6. The number of nitrogens with one attached hydrogen (secondary N) is 6. The molecule has 9 rings (SSSR count). The van der Waals surface area contributed by atoms with Gasteiger partial charge in [-0.3, -0.25) is 28.8 Å². The molecule has 0 spiro atoms. The Bertz CT molecular complexity index is 2220. The summed E-state index contributed by atoms with van der Waals surface area (Å²) < 4.78 is 0. The van der Waals surface area contributed by atoms with E-state index in [1.165, 1.54) is 154 Å². The van der Waals surface area contributed by atoms with Crippen molar-refractivity contribution in [2.75, 3.05) is 0 Å². The second-order valence-corrected chi connectivity index (χ2v) is 38.3. The Morgan fingerprint density at radius 2 is 0.592 bits per heavy atom. The summed E-state index contributed by atoms with van der Waals surface area (Å²) in [5.74, 6) is 12.6. The van der Waals surface area contributed by atoms with Gasteiger partial charge in [0.15, 0.2) is 0 Å². The lowest BCUT2D eigenvalue weighted by Crippen LogP contribution is -2.41. The summed E-state index contributed by atoms with van der Waals surface area (Å²) in [6, 6.07) is 1.62. The largest absolute Gasteiger partial charge is 0.354 e. The van der Waals surface area contributed by atoms with Crippen LogP contribution in [0.3, 0.4) is 0 Å². The SMILES string of the molecule is CC(C)NC(=O)C(CCC1CC1)C(C)(C)C.CC(C)NC(=O)C(CCC1CC1)C(C)C.CC(C)NC(=O)C(CCC1CC1)CC(C)(C)C.CC(C)NC(=O)C(CCC1CC1)CC1CC1.CC(C)NC(=O)C(CCC1CC1)CC1CC1C.CC(C)NC(=O)C(CCC1CC1)CC1CCC1. The first-order valence-electron chi connectivity index (χ1n) is 41.8. The molecule has 0 aromatic heterocycles. The van der Waals surface area contributed by atoms with Gasteiger partial charge in [-0.25, -0.2) is 0 Å². The van der Waals surface area contributed by atoms with Crippen molar-refractivity contribution in [3.63, 3.8) is 0 Å². The first-order valence-corrected chi connectivity index (χ1v) is 41.8. The number of rotatable bonds is 38. The molecule has 0 aromatic carbocycles. The van der Waals surface area contributed by atoms with E-state index in [2.05, 4.69) is 122 Å². The summed E-state index contributed by atoms with van der Waals surface area (Å²) in [7, 11) is 0. The first kappa shape index (κ1) is 87.2. The third kappa shape index (κ3) is 43.1. The first-order chi connectivity index (χ1) is 45.9. The lowest BCUT2D eigenvalue weighted by atomic mass is 9.77. The van der Waals surface area contributed by atoms with Crippen LogP contribution < -0.4 is 31.9 Å². The zero-order chi connectivity index (χ0) is 73.0. The maximum atomic E-state index is 12.2. The van der Waals surface area contributed by atoms with E-state index < -0.39 is 0 Å². The maximum Gasteiger partial charge on any atom is 0.223 e. The van der Waals surface area contributed by atoms with Crippen LogP contribution in [-0.4, -0.2) is 71.7 Å². The van der Waals surface area contributed by atoms with E-state index in [1.54, 1.807) is 0 Å². The fourth-order valence-electron chi connectivity index (χ4n) is 14.2. The molecule has 8 atom stereocenters. The van der Waals surface area contributed by atoms with Crippen molar-refractivity contribution >= 4 is 35.4 Å². The van der Waals surface area contributed by atoms with Crippen LogP contribution in [0.1, 0.15) is 364 Å². The predicted molar refractivity (Wildman–Crippen MR) is 412 cm³/mol. The summed E-state index contributed by atoms with van der Waals surface area (Å²) in [4.78, 5) is 72.5. The molecule has 6 amide bonds. The fraction of sp³-hybridized carbons (Fsp3) is 0.930. The van der Waals surface area contributed by atoms with Gasteiger partial charge in [-0.2, -0.15) is 0 Å². The van der Waals surface area contributed by atoms with Crippen LogP contribution in [0.2, 0.25) is 0 Å². The molecule has 0 aromatic rings. The van der Waals surface area contributed by atoms with Gasteiger partial charge in [-0.1, -0.05) is 171 Å². The average molecular weight is 1370 g/mol. The highest BCUT2D eigenvalue weighted by Crippen LogP contribution is 2.46. The van der Waals surface area contributed by atoms with E-state index in [4.69, 9.17) is 0 Å². The molecule has 12 nitrogen and oxygen atoms in total. The zero-order valence-electron chi connectivity index (χ0n) is 67.8. The molecule has 0 bridgehead atoms. The van der Waals surface area contributed by atoms with Crippen LogP contribution in [-0.2, 0) is 28.8 Å². The highest BCUT2D eigenvalue weighted by Gasteiger charge is 2.39. The third-order valence-electron chi connectivity index (χ3n) is 22.1. The smallest absolute Gasteiger partial charge is 0.223 e. The van der Waals surface area contributed by atoms with Crippen LogP contribution in [0.5, 0.6) is 0 Å². The Morgan fingerprint density at radius 1 is 0.327 bits per heavy atom. The molecular formula is C86H160N6O6. The van der Waals surface area contributed by atoms with Crippen molar-refractivity contribution in [3.8, 4) is 0 Å². The summed E-state index contributed by atoms with van der Waals surface area (Å²) >= 11 is 0. The molecule has 12 heteroatoms. The monoisotopic (exact) mass is 1370 g/mol. The summed E-state index contributed by atoms with van der Waals surface area (Å²) in [5.41, 5.74) is 0.316. The van der Waals surface area contributed by atoms with Gasteiger partial charge in [-0.05, 0) is 268 Å². The molecule has 9 aliphatic carbocycles. The van der Waals surface area contributed by atoms with Gasteiger partial charge in [-0.15, -0.1) is 0 Å². The standard InChI is InChI=1S/2C15H27NO.C15H29NO.C14H25NO.C14H27NO.C13H25NO/c1-10(2)16-15(17)13(7-6-12-4-5-12)9-14-8-11(14)3;1-11(2)16-15(17)14(9-8-12-6-7-12)10-13-4-3-5-13;1-11(2)16-14(17)13(10-15(3,4)5)9-8-12-6-7-12;1-10(2)15-14(16)13(9-12-5-6-12)8-7-11-3-4-11;1-10(2)15-13(16)12(14(3,4)5)9-8-11-6-7-11;1-9(2)12(8-7-11-5-6-11)13(15)14-10(3)4/h10-14H,4-9H2,1-3H3,(H,16,17);11-14H,3-10H2,1-2H3,(H,16,17);11-13H,6-10H2,1-5H3,(H,16,17);10-13H,3-9H2,1-2H3,(H,15,16);10-12H,6-9H2,1-5H3,(H,15,16);9-12H,5-8H2,1-4H3,(H,14,15). The quantitative estimate of drug-likeness (QED) is 0.0359. The van der Waals surface area contributed by atoms with Crippen molar-refractivity contribution in [1.29, 1.82) is 0 Å². The Morgan fingerprint density at radius 3 is 0.857 bits per heavy atom. The zero-order valence-corrected chi connectivity index (χ0v) is 67.8. The minimum atomic E-state index is 0.0772. The van der Waals surface area contributed by atoms with E-state index in [-0.39, 0.29) is 88.5 Å². The van der Waals surface area contributed by atoms with E-state index in [0.717, 1.165) is 123 Å². The number of carbonyl (C=O) groups excluding carboxylic acids is 6. The van der Waals surface area contributed by atoms with Gasteiger partial charge in [0.05, 0.1) is 0 Å². The Labute approximate surface area is 604 Å². The maximum absolute atomic E-state index is 12.2. The average Bonchev–Trinajstić information content (AvgIpc) is 1.93. The van der Waals surface area contributed by atoms with Crippen molar-refractivity contribution in [3.05, 3.63) is 0 Å². The summed E-state index contributed by atoms with van der Waals surface area (Å²) in [6.45, 7) is 44.3. The second kappa shape index (κ2) is 43.8. The minimum absolute atomic E-state index is 0.0772. The fourth-order valence-corrected chi connectivity index (χ4v) is 14.2. The van der Waals surface area contributed by atoms with E-state index in [0.29, 0.717) is 35.5 Å².